The first-order chi connectivity index (χ1) is 12.3. The van der Waals surface area contributed by atoms with Crippen molar-refractivity contribution < 1.29 is 9.53 Å². The second-order valence-corrected chi connectivity index (χ2v) is 7.34. The van der Waals surface area contributed by atoms with Crippen LogP contribution >= 0.6 is 11.6 Å². The number of hydrogen-bond acceptors (Lipinski definition) is 3. The Morgan fingerprint density at radius 1 is 1.12 bits per heavy atom. The SMILES string of the molecule is Cc1cc(C)c2nc(-c3cccc(Cl)c3)c(C)c(C(=O)OC(C)C)c2c1. The molecule has 2 aromatic carbocycles. The summed E-state index contributed by atoms with van der Waals surface area (Å²) < 4.78 is 5.53. The molecule has 0 saturated heterocycles. The van der Waals surface area contributed by atoms with Gasteiger partial charge >= 0.3 is 5.97 Å². The van der Waals surface area contributed by atoms with Gasteiger partial charge in [-0.25, -0.2) is 9.78 Å². The van der Waals surface area contributed by atoms with Crippen molar-refractivity contribution in [2.75, 3.05) is 0 Å². The quantitative estimate of drug-likeness (QED) is 0.529. The molecule has 0 saturated carbocycles. The molecule has 0 unspecified atom stereocenters. The Morgan fingerprint density at radius 3 is 2.50 bits per heavy atom. The first-order valence-electron chi connectivity index (χ1n) is 8.66. The second-order valence-electron chi connectivity index (χ2n) is 6.90. The number of pyridine rings is 1. The molecular formula is C22H22ClNO2. The molecule has 0 spiro atoms. The average molecular weight is 368 g/mol. The van der Waals surface area contributed by atoms with Crippen molar-refractivity contribution in [1.82, 2.24) is 4.98 Å². The van der Waals surface area contributed by atoms with Crippen LogP contribution in [-0.2, 0) is 4.74 Å². The van der Waals surface area contributed by atoms with Crippen molar-refractivity contribution >= 4 is 28.5 Å². The lowest BCUT2D eigenvalue weighted by Gasteiger charge is -2.17. The molecule has 4 heteroatoms. The maximum absolute atomic E-state index is 12.9. The van der Waals surface area contributed by atoms with Crippen molar-refractivity contribution in [3.05, 3.63) is 63.7 Å². The number of fused-ring (bicyclic) bond motifs is 1. The fourth-order valence-electron chi connectivity index (χ4n) is 3.27. The van der Waals surface area contributed by atoms with Crippen LogP contribution in [0.4, 0.5) is 0 Å². The highest BCUT2D eigenvalue weighted by Crippen LogP contribution is 2.33. The molecule has 0 amide bonds. The van der Waals surface area contributed by atoms with Crippen LogP contribution in [0.1, 0.15) is 40.9 Å². The van der Waals surface area contributed by atoms with Gasteiger partial charge in [-0.3, -0.25) is 0 Å². The molecule has 134 valence electrons. The van der Waals surface area contributed by atoms with Crippen LogP contribution in [0, 0.1) is 20.8 Å². The van der Waals surface area contributed by atoms with Gasteiger partial charge in [0.2, 0.25) is 0 Å². The van der Waals surface area contributed by atoms with Gasteiger partial charge in [-0.05, 0) is 63.9 Å². The normalized spacial score (nSPS) is 11.2. The van der Waals surface area contributed by atoms with Gasteiger partial charge in [0.1, 0.15) is 0 Å². The van der Waals surface area contributed by atoms with Gasteiger partial charge in [0.25, 0.3) is 0 Å². The highest BCUT2D eigenvalue weighted by molar-refractivity contribution is 6.30. The van der Waals surface area contributed by atoms with Crippen LogP contribution < -0.4 is 0 Å². The third kappa shape index (κ3) is 3.45. The van der Waals surface area contributed by atoms with Crippen molar-refractivity contribution in [1.29, 1.82) is 0 Å². The number of hydrogen-bond donors (Lipinski definition) is 0. The van der Waals surface area contributed by atoms with Gasteiger partial charge in [-0.2, -0.15) is 0 Å². The summed E-state index contributed by atoms with van der Waals surface area (Å²) in [6.45, 7) is 9.65. The number of rotatable bonds is 3. The summed E-state index contributed by atoms with van der Waals surface area (Å²) in [5.74, 6) is -0.321. The molecule has 0 aliphatic heterocycles. The summed E-state index contributed by atoms with van der Waals surface area (Å²) in [4.78, 5) is 17.8. The molecule has 3 nitrogen and oxygen atoms in total. The van der Waals surface area contributed by atoms with Gasteiger partial charge in [-0.1, -0.05) is 35.4 Å². The monoisotopic (exact) mass is 367 g/mol. The lowest BCUT2D eigenvalue weighted by molar-refractivity contribution is 0.0379. The molecule has 1 aromatic heterocycles. The highest BCUT2D eigenvalue weighted by atomic mass is 35.5. The molecular weight excluding hydrogens is 346 g/mol. The van der Waals surface area contributed by atoms with E-state index in [1.807, 2.05) is 65.0 Å². The Labute approximate surface area is 159 Å². The van der Waals surface area contributed by atoms with Crippen LogP contribution in [0.15, 0.2) is 36.4 Å². The Hall–Kier alpha value is -2.39. The summed E-state index contributed by atoms with van der Waals surface area (Å²) in [5.41, 5.74) is 5.94. The van der Waals surface area contributed by atoms with E-state index in [1.54, 1.807) is 0 Å². The largest absolute Gasteiger partial charge is 0.459 e. The molecule has 0 atom stereocenters. The number of benzene rings is 2. The Kier molecular flexibility index (Phi) is 5.01. The van der Waals surface area contributed by atoms with E-state index in [4.69, 9.17) is 21.3 Å². The lowest BCUT2D eigenvalue weighted by atomic mass is 9.95. The Morgan fingerprint density at radius 2 is 1.85 bits per heavy atom. The third-order valence-corrected chi connectivity index (χ3v) is 4.55. The van der Waals surface area contributed by atoms with Crippen LogP contribution in [0.3, 0.4) is 0 Å². The number of halogens is 1. The van der Waals surface area contributed by atoms with Gasteiger partial charge in [-0.15, -0.1) is 0 Å². The maximum atomic E-state index is 12.9. The standard InChI is InChI=1S/C22H22ClNO2/c1-12(2)26-22(25)19-15(5)21(16-7-6-8-17(23)11-16)24-20-14(4)9-13(3)10-18(19)20/h6-12H,1-5H3. The number of esters is 1. The Balaban J connectivity index is 2.38. The highest BCUT2D eigenvalue weighted by Gasteiger charge is 2.22. The number of carbonyl (C=O) groups excluding carboxylic acids is 1. The second kappa shape index (κ2) is 7.08. The predicted octanol–water partition coefficient (Wildman–Crippen LogP) is 6.05. The number of aryl methyl sites for hydroxylation is 2. The molecule has 26 heavy (non-hydrogen) atoms. The lowest BCUT2D eigenvalue weighted by Crippen LogP contribution is -2.14. The van der Waals surface area contributed by atoms with E-state index in [-0.39, 0.29) is 12.1 Å². The fourth-order valence-corrected chi connectivity index (χ4v) is 3.46. The molecule has 1 heterocycles. The molecule has 0 fully saturated rings. The number of aromatic nitrogens is 1. The topological polar surface area (TPSA) is 39.2 Å². The summed E-state index contributed by atoms with van der Waals surface area (Å²) in [7, 11) is 0. The van der Waals surface area contributed by atoms with Crippen LogP contribution in [0.25, 0.3) is 22.2 Å². The van der Waals surface area contributed by atoms with E-state index in [2.05, 4.69) is 6.07 Å². The zero-order valence-electron chi connectivity index (χ0n) is 15.7. The van der Waals surface area contributed by atoms with Gasteiger partial charge in [0.05, 0.1) is 22.9 Å². The van der Waals surface area contributed by atoms with Crippen LogP contribution in [0.2, 0.25) is 5.02 Å². The number of carbonyl (C=O) groups is 1. The van der Waals surface area contributed by atoms with Crippen molar-refractivity contribution in [2.45, 2.75) is 40.7 Å². The summed E-state index contributed by atoms with van der Waals surface area (Å²) in [6, 6.07) is 11.6. The molecule has 0 bridgehead atoms. The van der Waals surface area contributed by atoms with Crippen LogP contribution in [0.5, 0.6) is 0 Å². The van der Waals surface area contributed by atoms with E-state index >= 15 is 0 Å². The molecule has 3 aromatic rings. The molecule has 3 rings (SSSR count). The average Bonchev–Trinajstić information content (AvgIpc) is 2.53. The zero-order chi connectivity index (χ0) is 19.0. The van der Waals surface area contributed by atoms with Crippen molar-refractivity contribution in [3.8, 4) is 11.3 Å². The van der Waals surface area contributed by atoms with E-state index in [0.29, 0.717) is 10.6 Å². The molecule has 0 aliphatic carbocycles. The van der Waals surface area contributed by atoms with E-state index in [9.17, 15) is 4.79 Å². The maximum Gasteiger partial charge on any atom is 0.339 e. The minimum Gasteiger partial charge on any atom is -0.459 e. The van der Waals surface area contributed by atoms with Gasteiger partial charge in [0.15, 0.2) is 0 Å². The molecule has 0 N–H and O–H groups in total. The zero-order valence-corrected chi connectivity index (χ0v) is 16.4. The summed E-state index contributed by atoms with van der Waals surface area (Å²) in [5, 5.41) is 1.46. The van der Waals surface area contributed by atoms with E-state index < -0.39 is 0 Å². The molecule has 0 aliphatic rings. The first kappa shape index (κ1) is 18.4. The van der Waals surface area contributed by atoms with E-state index in [0.717, 1.165) is 38.9 Å². The predicted molar refractivity (Wildman–Crippen MR) is 107 cm³/mol. The van der Waals surface area contributed by atoms with Crippen molar-refractivity contribution in [3.63, 3.8) is 0 Å². The van der Waals surface area contributed by atoms with Crippen molar-refractivity contribution in [2.24, 2.45) is 0 Å². The minimum absolute atomic E-state index is 0.189. The number of nitrogens with zero attached hydrogens (tertiary/aromatic N) is 1. The first-order valence-corrected chi connectivity index (χ1v) is 9.04. The van der Waals surface area contributed by atoms with Gasteiger partial charge < -0.3 is 4.74 Å². The summed E-state index contributed by atoms with van der Waals surface area (Å²) >= 11 is 6.17. The fraction of sp³-hybridized carbons (Fsp3) is 0.273. The Bertz CT molecular complexity index is 1010. The van der Waals surface area contributed by atoms with E-state index in [1.165, 1.54) is 0 Å². The van der Waals surface area contributed by atoms with Crippen LogP contribution in [-0.4, -0.2) is 17.1 Å². The number of ether oxygens (including phenoxy) is 1. The van der Waals surface area contributed by atoms with Gasteiger partial charge in [0, 0.05) is 16.0 Å². The third-order valence-electron chi connectivity index (χ3n) is 4.31. The summed E-state index contributed by atoms with van der Waals surface area (Å²) in [6.07, 6.45) is -0.189. The minimum atomic E-state index is -0.321. The molecule has 0 radical (unpaired) electrons. The smallest absolute Gasteiger partial charge is 0.339 e.